The van der Waals surface area contributed by atoms with Crippen LogP contribution >= 0.6 is 0 Å². The van der Waals surface area contributed by atoms with Gasteiger partial charge in [0, 0.05) is 7.11 Å². The first-order chi connectivity index (χ1) is 12.1. The van der Waals surface area contributed by atoms with Crippen molar-refractivity contribution in [3.8, 4) is 0 Å². The molecule has 0 aromatic heterocycles. The monoisotopic (exact) mass is 347 g/mol. The maximum Gasteiger partial charge on any atom is 0.186 e. The van der Waals surface area contributed by atoms with E-state index in [1.54, 1.807) is 7.11 Å². The summed E-state index contributed by atoms with van der Waals surface area (Å²) < 4.78 is 23.9. The molecule has 6 nitrogen and oxygen atoms in total. The lowest BCUT2D eigenvalue weighted by atomic mass is 9.89. The summed E-state index contributed by atoms with van der Waals surface area (Å²) in [6.07, 6.45) is 1.38. The van der Waals surface area contributed by atoms with Gasteiger partial charge in [-0.3, -0.25) is 4.84 Å². The molecule has 0 amide bonds. The van der Waals surface area contributed by atoms with E-state index >= 15 is 0 Å². The summed E-state index contributed by atoms with van der Waals surface area (Å²) in [5.74, 6) is -0.610. The van der Waals surface area contributed by atoms with Crippen LogP contribution in [0.3, 0.4) is 0 Å². The van der Waals surface area contributed by atoms with Crippen LogP contribution in [-0.2, 0) is 23.8 Å². The highest BCUT2D eigenvalue weighted by Gasteiger charge is 2.61. The van der Waals surface area contributed by atoms with Gasteiger partial charge in [-0.15, -0.1) is 0 Å². The van der Waals surface area contributed by atoms with E-state index in [0.29, 0.717) is 0 Å². The Hall–Kier alpha value is -1.02. The molecule has 5 rings (SSSR count). The highest BCUT2D eigenvalue weighted by atomic mass is 16.8. The first-order valence-electron chi connectivity index (χ1n) is 9.10. The van der Waals surface area contributed by atoms with Crippen molar-refractivity contribution in [1.29, 1.82) is 0 Å². The number of benzene rings is 1. The van der Waals surface area contributed by atoms with Crippen LogP contribution < -0.4 is 0 Å². The second-order valence-corrected chi connectivity index (χ2v) is 7.82. The number of ether oxygens (including phenoxy) is 4. The van der Waals surface area contributed by atoms with Gasteiger partial charge in [0.1, 0.15) is 18.3 Å². The molecule has 4 aliphatic rings. The molecule has 8 atom stereocenters. The number of hydrogen-bond acceptors (Lipinski definition) is 6. The summed E-state index contributed by atoms with van der Waals surface area (Å²) >= 11 is 0. The predicted molar refractivity (Wildman–Crippen MR) is 88.4 cm³/mol. The fourth-order valence-electron chi connectivity index (χ4n) is 4.79. The molecule has 136 valence electrons. The molecule has 2 bridgehead atoms. The van der Waals surface area contributed by atoms with E-state index in [4.69, 9.17) is 23.8 Å². The van der Waals surface area contributed by atoms with Gasteiger partial charge < -0.3 is 18.9 Å². The van der Waals surface area contributed by atoms with Gasteiger partial charge in [0.05, 0.1) is 18.2 Å². The first kappa shape index (κ1) is 16.2. The highest BCUT2D eigenvalue weighted by Crippen LogP contribution is 2.49. The van der Waals surface area contributed by atoms with Crippen molar-refractivity contribution in [3.05, 3.63) is 35.9 Å². The van der Waals surface area contributed by atoms with Gasteiger partial charge >= 0.3 is 0 Å². The zero-order valence-electron chi connectivity index (χ0n) is 14.8. The van der Waals surface area contributed by atoms with Crippen LogP contribution in [0.1, 0.15) is 38.3 Å². The normalized spacial score (nSPS) is 47.3. The van der Waals surface area contributed by atoms with Crippen molar-refractivity contribution in [2.75, 3.05) is 7.11 Å². The van der Waals surface area contributed by atoms with Crippen molar-refractivity contribution >= 4 is 0 Å². The lowest BCUT2D eigenvalue weighted by Gasteiger charge is -2.35. The summed E-state index contributed by atoms with van der Waals surface area (Å²) in [5, 5.41) is 2.13. The summed E-state index contributed by atoms with van der Waals surface area (Å²) in [7, 11) is 1.66. The van der Waals surface area contributed by atoms with E-state index in [1.165, 1.54) is 5.56 Å². The van der Waals surface area contributed by atoms with Crippen LogP contribution in [0.25, 0.3) is 0 Å². The minimum Gasteiger partial charge on any atom is -0.353 e. The minimum absolute atomic E-state index is 0.117. The molecular formula is C19H25NO5. The van der Waals surface area contributed by atoms with Crippen LogP contribution in [0.4, 0.5) is 0 Å². The molecule has 0 radical (unpaired) electrons. The molecule has 0 aliphatic carbocycles. The second kappa shape index (κ2) is 5.74. The molecule has 6 heteroatoms. The van der Waals surface area contributed by atoms with Crippen LogP contribution in [0.5, 0.6) is 0 Å². The Morgan fingerprint density at radius 1 is 1.04 bits per heavy atom. The predicted octanol–water partition coefficient (Wildman–Crippen LogP) is 2.40. The number of piperidine rings is 1. The van der Waals surface area contributed by atoms with Crippen molar-refractivity contribution in [1.82, 2.24) is 5.06 Å². The van der Waals surface area contributed by atoms with Crippen molar-refractivity contribution < 1.29 is 23.8 Å². The number of rotatable bonds is 3. The van der Waals surface area contributed by atoms with Gasteiger partial charge in [-0.05, 0) is 32.3 Å². The lowest BCUT2D eigenvalue weighted by molar-refractivity contribution is -0.243. The van der Waals surface area contributed by atoms with Gasteiger partial charge in [0.25, 0.3) is 0 Å². The molecule has 25 heavy (non-hydrogen) atoms. The molecule has 4 aliphatic heterocycles. The summed E-state index contributed by atoms with van der Waals surface area (Å²) in [4.78, 5) is 6.15. The number of hydrogen-bond donors (Lipinski definition) is 0. The van der Waals surface area contributed by atoms with Gasteiger partial charge in [-0.1, -0.05) is 30.3 Å². The Kier molecular flexibility index (Phi) is 3.71. The Labute approximate surface area is 147 Å². The molecule has 1 unspecified atom stereocenters. The summed E-state index contributed by atoms with van der Waals surface area (Å²) in [5.41, 5.74) is 1.29. The molecule has 0 spiro atoms. The number of fused-ring (bicyclic) bond motifs is 3. The smallest absolute Gasteiger partial charge is 0.186 e. The Morgan fingerprint density at radius 2 is 1.80 bits per heavy atom. The third kappa shape index (κ3) is 2.55. The van der Waals surface area contributed by atoms with Crippen molar-refractivity contribution in [2.45, 2.75) is 75.3 Å². The van der Waals surface area contributed by atoms with E-state index in [2.05, 4.69) is 29.3 Å². The highest BCUT2D eigenvalue weighted by molar-refractivity contribution is 5.21. The van der Waals surface area contributed by atoms with Crippen LogP contribution in [0.2, 0.25) is 0 Å². The molecular weight excluding hydrogens is 322 g/mol. The molecule has 0 N–H and O–H groups in total. The summed E-state index contributed by atoms with van der Waals surface area (Å²) in [6, 6.07) is 11.0. The average molecular weight is 347 g/mol. The zero-order chi connectivity index (χ0) is 17.2. The number of hydroxylamine groups is 2. The number of methoxy groups -OCH3 is 1. The fraction of sp³-hybridized carbons (Fsp3) is 0.684. The average Bonchev–Trinajstić information content (AvgIpc) is 3.33. The largest absolute Gasteiger partial charge is 0.353 e. The van der Waals surface area contributed by atoms with E-state index < -0.39 is 12.1 Å². The van der Waals surface area contributed by atoms with Crippen molar-refractivity contribution in [3.63, 3.8) is 0 Å². The van der Waals surface area contributed by atoms with E-state index in [1.807, 2.05) is 19.9 Å². The standard InChI is InChI=1S/C19H25NO5/c1-19(2)23-16-15(22-18(21-3)17(16)24-19)14-10-12-9-13(20(14)25-12)11-7-5-4-6-8-11/h4-8,12-18H,9-10H2,1-3H3/t12-,13-,14+,15+,16-,17-,18-/m0/s1. The fourth-order valence-corrected chi connectivity index (χ4v) is 4.79. The SMILES string of the molecule is CO[C@H]1O[C@H]([C@H]2C[C@@H]3C[C@@H](c4ccccc4)N2O3)[C@@H]2OC(C)(C)O[C@H]12. The van der Waals surface area contributed by atoms with Crippen molar-refractivity contribution in [2.24, 2.45) is 0 Å². The van der Waals surface area contributed by atoms with Crippen LogP contribution in [0.15, 0.2) is 30.3 Å². The Bertz CT molecular complexity index is 638. The van der Waals surface area contributed by atoms with Crippen LogP contribution in [-0.4, -0.2) is 54.7 Å². The quantitative estimate of drug-likeness (QED) is 0.837. The van der Waals surface area contributed by atoms with Crippen LogP contribution in [0, 0.1) is 0 Å². The molecule has 4 fully saturated rings. The lowest BCUT2D eigenvalue weighted by Crippen LogP contribution is -2.47. The Balaban J connectivity index is 1.40. The van der Waals surface area contributed by atoms with Gasteiger partial charge in [-0.25, -0.2) is 0 Å². The second-order valence-electron chi connectivity index (χ2n) is 7.82. The van der Waals surface area contributed by atoms with Gasteiger partial charge in [0.2, 0.25) is 0 Å². The maximum absolute atomic E-state index is 6.20. The third-order valence-electron chi connectivity index (χ3n) is 5.74. The minimum atomic E-state index is -0.610. The molecule has 1 aromatic carbocycles. The molecule has 4 saturated heterocycles. The van der Waals surface area contributed by atoms with E-state index in [-0.39, 0.29) is 36.5 Å². The molecule has 1 aromatic rings. The van der Waals surface area contributed by atoms with Gasteiger partial charge in [-0.2, -0.15) is 5.06 Å². The molecule has 4 heterocycles. The third-order valence-corrected chi connectivity index (χ3v) is 5.74. The maximum atomic E-state index is 6.20. The number of nitrogens with zero attached hydrogens (tertiary/aromatic N) is 1. The van der Waals surface area contributed by atoms with E-state index in [9.17, 15) is 0 Å². The summed E-state index contributed by atoms with van der Waals surface area (Å²) in [6.45, 7) is 3.89. The topological polar surface area (TPSA) is 49.4 Å². The van der Waals surface area contributed by atoms with Gasteiger partial charge in [0.15, 0.2) is 12.1 Å². The Morgan fingerprint density at radius 3 is 2.52 bits per heavy atom. The zero-order valence-corrected chi connectivity index (χ0v) is 14.8. The first-order valence-corrected chi connectivity index (χ1v) is 9.10. The molecule has 0 saturated carbocycles. The van der Waals surface area contributed by atoms with E-state index in [0.717, 1.165) is 12.8 Å².